The predicted octanol–water partition coefficient (Wildman–Crippen LogP) is 1.55. The van der Waals surface area contributed by atoms with E-state index >= 15 is 0 Å². The first-order valence-electron chi connectivity index (χ1n) is 7.40. The Balaban J connectivity index is 3.39. The van der Waals surface area contributed by atoms with Gasteiger partial charge in [0.15, 0.2) is 5.60 Å². The number of ketones is 2. The van der Waals surface area contributed by atoms with Crippen LogP contribution in [0.15, 0.2) is 11.3 Å². The molecule has 0 fully saturated rings. The lowest BCUT2D eigenvalue weighted by atomic mass is 9.73. The fourth-order valence-electron chi connectivity index (χ4n) is 2.56. The van der Waals surface area contributed by atoms with E-state index in [1.54, 1.807) is 20.8 Å². The van der Waals surface area contributed by atoms with Gasteiger partial charge in [0.25, 0.3) is 0 Å². The number of esters is 1. The van der Waals surface area contributed by atoms with Crippen molar-refractivity contribution in [3.8, 4) is 0 Å². The van der Waals surface area contributed by atoms with Crippen LogP contribution in [0, 0.1) is 5.92 Å². The summed E-state index contributed by atoms with van der Waals surface area (Å²) in [6, 6.07) is 0. The number of carbonyl (C=O) groups excluding carboxylic acids is 3. The number of hydrogen-bond donors (Lipinski definition) is 1. The zero-order chi connectivity index (χ0) is 17.3. The van der Waals surface area contributed by atoms with E-state index in [0.717, 1.165) is 0 Å². The first-order valence-corrected chi connectivity index (χ1v) is 7.40. The quantitative estimate of drug-likeness (QED) is 0.612. The molecule has 0 amide bonds. The topological polar surface area (TPSA) is 89.9 Å². The molecule has 0 aliphatic heterocycles. The van der Waals surface area contributed by atoms with Crippen molar-refractivity contribution in [2.45, 2.75) is 58.7 Å². The van der Waals surface area contributed by atoms with Gasteiger partial charge in [-0.2, -0.15) is 0 Å². The molecule has 0 aromatic heterocycles. The van der Waals surface area contributed by atoms with Gasteiger partial charge in [-0.25, -0.2) is 0 Å². The minimum absolute atomic E-state index is 0.0814. The van der Waals surface area contributed by atoms with Gasteiger partial charge in [-0.3, -0.25) is 14.4 Å². The lowest BCUT2D eigenvalue weighted by molar-refractivity contribution is -0.181. The zero-order valence-electron chi connectivity index (χ0n) is 14.0. The van der Waals surface area contributed by atoms with Crippen LogP contribution >= 0.6 is 0 Å². The van der Waals surface area contributed by atoms with E-state index in [2.05, 4.69) is 0 Å². The lowest BCUT2D eigenvalue weighted by Gasteiger charge is -2.39. The highest BCUT2D eigenvalue weighted by Gasteiger charge is 2.60. The predicted molar refractivity (Wildman–Crippen MR) is 78.9 cm³/mol. The molecule has 0 bridgehead atoms. The van der Waals surface area contributed by atoms with Crippen LogP contribution in [0.3, 0.4) is 0 Å². The molecule has 0 radical (unpaired) electrons. The van der Waals surface area contributed by atoms with Crippen molar-refractivity contribution in [1.82, 2.24) is 0 Å². The third kappa shape index (κ3) is 2.67. The second-order valence-corrected chi connectivity index (χ2v) is 5.86. The van der Waals surface area contributed by atoms with Crippen molar-refractivity contribution in [1.29, 1.82) is 0 Å². The molecule has 0 saturated heterocycles. The number of ether oxygens (including phenoxy) is 2. The van der Waals surface area contributed by atoms with E-state index < -0.39 is 34.7 Å². The number of hydrogen-bond acceptors (Lipinski definition) is 6. The fourth-order valence-corrected chi connectivity index (χ4v) is 2.56. The summed E-state index contributed by atoms with van der Waals surface area (Å²) in [6.45, 7) is 7.63. The Morgan fingerprint density at radius 2 is 1.82 bits per heavy atom. The van der Waals surface area contributed by atoms with Crippen molar-refractivity contribution in [3.05, 3.63) is 11.3 Å². The van der Waals surface area contributed by atoms with Crippen LogP contribution in [0.5, 0.6) is 0 Å². The van der Waals surface area contributed by atoms with E-state index in [4.69, 9.17) is 9.47 Å². The van der Waals surface area contributed by atoms with Crippen molar-refractivity contribution < 1.29 is 29.0 Å². The molecule has 0 unspecified atom stereocenters. The minimum atomic E-state index is -2.03. The van der Waals surface area contributed by atoms with Gasteiger partial charge in [-0.05, 0) is 26.7 Å². The van der Waals surface area contributed by atoms with Gasteiger partial charge in [0.2, 0.25) is 17.2 Å². The summed E-state index contributed by atoms with van der Waals surface area (Å²) in [6.07, 6.45) is 0.773. The normalized spacial score (nSPS) is 30.3. The Morgan fingerprint density at radius 1 is 1.27 bits per heavy atom. The molecule has 6 nitrogen and oxygen atoms in total. The van der Waals surface area contributed by atoms with Crippen LogP contribution in [-0.4, -0.2) is 41.0 Å². The van der Waals surface area contributed by atoms with Crippen LogP contribution in [0.4, 0.5) is 0 Å². The number of aliphatic hydroxyl groups is 1. The standard InChI is InChI=1S/C16H24O6/c1-7-9(3)13(18)22-16(5)11(17)10(8-2)12(21-6)15(4,20)14(16)19/h9,20H,7-8H2,1-6H3/t9-,15-,16-/m1/s1. The maximum atomic E-state index is 12.6. The van der Waals surface area contributed by atoms with Crippen molar-refractivity contribution in [2.75, 3.05) is 7.11 Å². The van der Waals surface area contributed by atoms with E-state index in [9.17, 15) is 19.5 Å². The Morgan fingerprint density at radius 3 is 2.23 bits per heavy atom. The lowest BCUT2D eigenvalue weighted by Crippen LogP contribution is -2.62. The number of rotatable bonds is 5. The van der Waals surface area contributed by atoms with Gasteiger partial charge in [0, 0.05) is 5.57 Å². The molecule has 1 aliphatic rings. The van der Waals surface area contributed by atoms with Gasteiger partial charge >= 0.3 is 5.97 Å². The number of carbonyl (C=O) groups is 3. The molecular weight excluding hydrogens is 288 g/mol. The molecule has 3 atom stereocenters. The highest BCUT2D eigenvalue weighted by atomic mass is 16.6. The first kappa shape index (κ1) is 18.4. The van der Waals surface area contributed by atoms with Crippen LogP contribution in [0.1, 0.15) is 47.5 Å². The molecule has 1 aliphatic carbocycles. The highest BCUT2D eigenvalue weighted by Crippen LogP contribution is 2.38. The molecular formula is C16H24O6. The van der Waals surface area contributed by atoms with Crippen LogP contribution in [0.2, 0.25) is 0 Å². The highest BCUT2D eigenvalue weighted by molar-refractivity contribution is 6.23. The molecule has 0 aromatic carbocycles. The summed E-state index contributed by atoms with van der Waals surface area (Å²) in [5.74, 6) is -2.70. The Kier molecular flexibility index (Phi) is 5.18. The molecule has 22 heavy (non-hydrogen) atoms. The second kappa shape index (κ2) is 6.20. The van der Waals surface area contributed by atoms with Crippen molar-refractivity contribution >= 4 is 17.5 Å². The average molecular weight is 312 g/mol. The van der Waals surface area contributed by atoms with Crippen LogP contribution in [0.25, 0.3) is 0 Å². The average Bonchev–Trinajstić information content (AvgIpc) is 2.48. The maximum absolute atomic E-state index is 12.6. The van der Waals surface area contributed by atoms with Gasteiger partial charge in [0.05, 0.1) is 13.0 Å². The molecule has 1 rings (SSSR count). The molecule has 0 saturated carbocycles. The second-order valence-electron chi connectivity index (χ2n) is 5.86. The van der Waals surface area contributed by atoms with Crippen LogP contribution in [-0.2, 0) is 23.9 Å². The summed E-state index contributed by atoms with van der Waals surface area (Å²) in [5.41, 5.74) is -3.89. The maximum Gasteiger partial charge on any atom is 0.310 e. The smallest absolute Gasteiger partial charge is 0.310 e. The molecule has 124 valence electrons. The number of Topliss-reactive ketones (excluding diaryl/α,β-unsaturated/α-hetero) is 2. The molecule has 1 N–H and O–H groups in total. The Bertz CT molecular complexity index is 531. The van der Waals surface area contributed by atoms with Crippen molar-refractivity contribution in [2.24, 2.45) is 5.92 Å². The third-order valence-corrected chi connectivity index (χ3v) is 4.18. The SMILES string of the molecule is CCC1=C(OC)[C@@](C)(O)C(=O)[C@](C)(OC(=O)[C@H](C)CC)C1=O. The largest absolute Gasteiger partial charge is 0.497 e. The molecule has 6 heteroatoms. The Hall–Kier alpha value is -1.69. The molecule has 0 spiro atoms. The van der Waals surface area contributed by atoms with E-state index in [1.807, 2.05) is 0 Å². The van der Waals surface area contributed by atoms with Gasteiger partial charge in [0.1, 0.15) is 5.76 Å². The Labute approximate surface area is 130 Å². The monoisotopic (exact) mass is 312 g/mol. The molecule has 0 heterocycles. The number of methoxy groups -OCH3 is 1. The van der Waals surface area contributed by atoms with Gasteiger partial charge in [-0.15, -0.1) is 0 Å². The fraction of sp³-hybridized carbons (Fsp3) is 0.688. The van der Waals surface area contributed by atoms with Gasteiger partial charge < -0.3 is 14.6 Å². The summed E-state index contributed by atoms with van der Waals surface area (Å²) in [7, 11) is 1.29. The summed E-state index contributed by atoms with van der Waals surface area (Å²) in [4.78, 5) is 37.3. The minimum Gasteiger partial charge on any atom is -0.497 e. The molecule has 0 aromatic rings. The first-order chi connectivity index (χ1) is 10.1. The van der Waals surface area contributed by atoms with E-state index in [1.165, 1.54) is 21.0 Å². The third-order valence-electron chi connectivity index (χ3n) is 4.18. The van der Waals surface area contributed by atoms with E-state index in [-0.39, 0.29) is 17.8 Å². The van der Waals surface area contributed by atoms with Crippen molar-refractivity contribution in [3.63, 3.8) is 0 Å². The van der Waals surface area contributed by atoms with Gasteiger partial charge in [-0.1, -0.05) is 20.8 Å². The zero-order valence-corrected chi connectivity index (χ0v) is 14.0. The summed E-state index contributed by atoms with van der Waals surface area (Å²) in [5, 5.41) is 10.5. The summed E-state index contributed by atoms with van der Waals surface area (Å²) >= 11 is 0. The summed E-state index contributed by atoms with van der Waals surface area (Å²) < 4.78 is 10.3. The van der Waals surface area contributed by atoms with Crippen LogP contribution < -0.4 is 0 Å². The van der Waals surface area contributed by atoms with E-state index in [0.29, 0.717) is 6.42 Å².